The summed E-state index contributed by atoms with van der Waals surface area (Å²) in [5.74, 6) is -0.0853. The van der Waals surface area contributed by atoms with Gasteiger partial charge in [-0.2, -0.15) is 0 Å². The van der Waals surface area contributed by atoms with Crippen LogP contribution in [-0.4, -0.2) is 51.1 Å². The standard InChI is InChI=1S/C28H31FNO4Si/c1-18(35)28(2,3)34-27(32)30-13-12-24(20-8-10-22(29)11-9-20)26(16-30)33-17-19-14-21-6-4-5-7-23(21)25(31)15-19/h4-11,14-15,18,24,26,31H,12-13,16-17H2,1-3H3. The van der Waals surface area contributed by atoms with Gasteiger partial charge in [-0.15, -0.1) is 0 Å². The van der Waals surface area contributed by atoms with E-state index in [-0.39, 0.29) is 41.8 Å². The highest BCUT2D eigenvalue weighted by Gasteiger charge is 2.36. The number of aromatic hydroxyl groups is 1. The normalized spacial score (nSPS) is 19.5. The first kappa shape index (κ1) is 25.2. The molecule has 0 saturated carbocycles. The first-order valence-corrected chi connectivity index (χ1v) is 12.5. The number of likely N-dealkylation sites (tertiary alicyclic amines) is 1. The Kier molecular flexibility index (Phi) is 7.47. The molecule has 0 aliphatic carbocycles. The summed E-state index contributed by atoms with van der Waals surface area (Å²) in [6, 6.07) is 17.8. The Bertz CT molecular complexity index is 1180. The summed E-state index contributed by atoms with van der Waals surface area (Å²) in [5.41, 5.74) is 1.13. The Balaban J connectivity index is 1.53. The van der Waals surface area contributed by atoms with Gasteiger partial charge in [0.25, 0.3) is 0 Å². The number of ether oxygens (including phenoxy) is 2. The molecule has 1 amide bonds. The second-order valence-electron chi connectivity index (χ2n) is 9.77. The van der Waals surface area contributed by atoms with Gasteiger partial charge in [-0.05, 0) is 66.6 Å². The van der Waals surface area contributed by atoms with Crippen LogP contribution in [-0.2, 0) is 16.1 Å². The molecule has 1 aliphatic heterocycles. The van der Waals surface area contributed by atoms with Crippen molar-refractivity contribution in [1.29, 1.82) is 0 Å². The smallest absolute Gasteiger partial charge is 0.410 e. The summed E-state index contributed by atoms with van der Waals surface area (Å²) in [4.78, 5) is 14.6. The van der Waals surface area contributed by atoms with E-state index in [1.165, 1.54) is 12.1 Å². The fourth-order valence-corrected chi connectivity index (χ4v) is 4.42. The predicted octanol–water partition coefficient (Wildman–Crippen LogP) is 5.95. The van der Waals surface area contributed by atoms with Gasteiger partial charge in [0.05, 0.1) is 19.3 Å². The number of phenols is 1. The monoisotopic (exact) mass is 492 g/mol. The predicted molar refractivity (Wildman–Crippen MR) is 135 cm³/mol. The SMILES string of the molecule is CC([Si])C(C)(C)OC(=O)N1CCC(c2ccc(F)cc2)C(OCc2cc(O)c3ccccc3c2)C1. The van der Waals surface area contributed by atoms with Crippen molar-refractivity contribution in [3.05, 3.63) is 77.6 Å². The molecule has 7 heteroatoms. The maximum absolute atomic E-state index is 13.5. The van der Waals surface area contributed by atoms with Gasteiger partial charge in [0.1, 0.15) is 17.2 Å². The number of halogens is 1. The lowest BCUT2D eigenvalue weighted by atomic mass is 9.87. The Labute approximate surface area is 209 Å². The van der Waals surface area contributed by atoms with Crippen LogP contribution in [0.2, 0.25) is 5.54 Å². The molecule has 3 aromatic rings. The van der Waals surface area contributed by atoms with Gasteiger partial charge in [0.15, 0.2) is 0 Å². The van der Waals surface area contributed by atoms with E-state index in [2.05, 4.69) is 10.2 Å². The van der Waals surface area contributed by atoms with Crippen molar-refractivity contribution in [2.45, 2.75) is 57.0 Å². The van der Waals surface area contributed by atoms with Crippen molar-refractivity contribution in [3.63, 3.8) is 0 Å². The molecule has 3 unspecified atom stereocenters. The molecule has 1 saturated heterocycles. The van der Waals surface area contributed by atoms with Crippen molar-refractivity contribution < 1.29 is 23.8 Å². The molecule has 5 nitrogen and oxygen atoms in total. The third kappa shape index (κ3) is 5.85. The highest BCUT2D eigenvalue weighted by Crippen LogP contribution is 2.34. The van der Waals surface area contributed by atoms with Gasteiger partial charge in [-0.3, -0.25) is 0 Å². The van der Waals surface area contributed by atoms with Crippen LogP contribution in [0.15, 0.2) is 60.7 Å². The Morgan fingerprint density at radius 2 is 1.91 bits per heavy atom. The zero-order valence-corrected chi connectivity index (χ0v) is 21.3. The molecule has 1 heterocycles. The van der Waals surface area contributed by atoms with E-state index >= 15 is 0 Å². The zero-order chi connectivity index (χ0) is 25.2. The second kappa shape index (κ2) is 10.4. The molecule has 1 N–H and O–H groups in total. The number of piperidine rings is 1. The highest BCUT2D eigenvalue weighted by atomic mass is 28.1. The van der Waals surface area contributed by atoms with Crippen LogP contribution in [0.5, 0.6) is 5.75 Å². The number of amides is 1. The highest BCUT2D eigenvalue weighted by molar-refractivity contribution is 6.12. The van der Waals surface area contributed by atoms with E-state index in [1.807, 2.05) is 51.1 Å². The number of fused-ring (bicyclic) bond motifs is 1. The Morgan fingerprint density at radius 1 is 1.20 bits per heavy atom. The van der Waals surface area contributed by atoms with Gasteiger partial charge in [0, 0.05) is 28.1 Å². The maximum Gasteiger partial charge on any atom is 0.410 e. The molecule has 1 aliphatic rings. The topological polar surface area (TPSA) is 59.0 Å². The Morgan fingerprint density at radius 3 is 2.63 bits per heavy atom. The van der Waals surface area contributed by atoms with Crippen molar-refractivity contribution in [2.24, 2.45) is 0 Å². The molecule has 4 rings (SSSR count). The van der Waals surface area contributed by atoms with Gasteiger partial charge in [-0.1, -0.05) is 43.3 Å². The average Bonchev–Trinajstić information content (AvgIpc) is 2.83. The fourth-order valence-electron chi connectivity index (χ4n) is 4.36. The van der Waals surface area contributed by atoms with Crippen molar-refractivity contribution in [1.82, 2.24) is 4.90 Å². The van der Waals surface area contributed by atoms with Crippen LogP contribution >= 0.6 is 0 Å². The van der Waals surface area contributed by atoms with Gasteiger partial charge in [-0.25, -0.2) is 9.18 Å². The minimum Gasteiger partial charge on any atom is -0.507 e. The molecule has 3 atom stereocenters. The summed E-state index contributed by atoms with van der Waals surface area (Å²) in [5, 5.41) is 12.2. The maximum atomic E-state index is 13.5. The number of rotatable bonds is 6. The fraction of sp³-hybridized carbons (Fsp3) is 0.393. The molecular formula is C28H31FNO4Si. The van der Waals surface area contributed by atoms with E-state index in [1.54, 1.807) is 23.1 Å². The van der Waals surface area contributed by atoms with Gasteiger partial charge < -0.3 is 19.5 Å². The Hall–Kier alpha value is -2.90. The van der Waals surface area contributed by atoms with E-state index < -0.39 is 5.60 Å². The largest absolute Gasteiger partial charge is 0.507 e. The van der Waals surface area contributed by atoms with Gasteiger partial charge >= 0.3 is 6.09 Å². The lowest BCUT2D eigenvalue weighted by Gasteiger charge is -2.40. The second-order valence-corrected chi connectivity index (χ2v) is 10.6. The molecule has 0 aromatic heterocycles. The lowest BCUT2D eigenvalue weighted by molar-refractivity contribution is -0.0393. The molecule has 0 spiro atoms. The molecule has 3 aromatic carbocycles. The van der Waals surface area contributed by atoms with E-state index in [0.29, 0.717) is 19.5 Å². The van der Waals surface area contributed by atoms with Crippen LogP contribution in [0, 0.1) is 5.82 Å². The number of benzene rings is 3. The summed E-state index contributed by atoms with van der Waals surface area (Å²) in [6.07, 6.45) is -0.0351. The molecule has 3 radical (unpaired) electrons. The third-order valence-electron chi connectivity index (χ3n) is 6.87. The number of phenolic OH excluding ortho intramolecular Hbond substituents is 1. The van der Waals surface area contributed by atoms with Crippen LogP contribution < -0.4 is 0 Å². The number of hydrogen-bond acceptors (Lipinski definition) is 4. The van der Waals surface area contributed by atoms with Crippen LogP contribution in [0.3, 0.4) is 0 Å². The number of nitrogens with zero attached hydrogens (tertiary/aromatic N) is 1. The van der Waals surface area contributed by atoms with E-state index in [4.69, 9.17) is 9.47 Å². The minimum absolute atomic E-state index is 0.00329. The third-order valence-corrected chi connectivity index (χ3v) is 7.57. The number of carbonyl (C=O) groups excluding carboxylic acids is 1. The zero-order valence-electron chi connectivity index (χ0n) is 20.3. The first-order chi connectivity index (χ1) is 16.6. The number of hydrogen-bond donors (Lipinski definition) is 1. The van der Waals surface area contributed by atoms with Crippen LogP contribution in [0.4, 0.5) is 9.18 Å². The lowest BCUT2D eigenvalue weighted by Crippen LogP contribution is -2.49. The van der Waals surface area contributed by atoms with Crippen molar-refractivity contribution in [2.75, 3.05) is 13.1 Å². The minimum atomic E-state index is -0.666. The quantitative estimate of drug-likeness (QED) is 0.432. The summed E-state index contributed by atoms with van der Waals surface area (Å²) >= 11 is 0. The molecule has 1 fully saturated rings. The van der Waals surface area contributed by atoms with E-state index in [0.717, 1.165) is 21.9 Å². The average molecular weight is 493 g/mol. The van der Waals surface area contributed by atoms with Gasteiger partial charge in [0.2, 0.25) is 0 Å². The summed E-state index contributed by atoms with van der Waals surface area (Å²) in [6.45, 7) is 6.82. The molecule has 35 heavy (non-hydrogen) atoms. The van der Waals surface area contributed by atoms with Crippen molar-refractivity contribution in [3.8, 4) is 5.75 Å². The summed E-state index contributed by atoms with van der Waals surface area (Å²) < 4.78 is 25.7. The molecule has 183 valence electrons. The van der Waals surface area contributed by atoms with E-state index in [9.17, 15) is 14.3 Å². The van der Waals surface area contributed by atoms with Crippen LogP contribution in [0.1, 0.15) is 44.2 Å². The van der Waals surface area contributed by atoms with Crippen molar-refractivity contribution >= 4 is 27.1 Å². The molecular weight excluding hydrogens is 461 g/mol. The first-order valence-electron chi connectivity index (χ1n) is 11.9. The number of carbonyl (C=O) groups is 1. The van der Waals surface area contributed by atoms with Crippen LogP contribution in [0.25, 0.3) is 10.8 Å². The summed E-state index contributed by atoms with van der Waals surface area (Å²) in [7, 11) is 3.56. The molecule has 0 bridgehead atoms.